The number of aromatic hydroxyl groups is 2. The van der Waals surface area contributed by atoms with Crippen molar-refractivity contribution in [2.24, 2.45) is 0 Å². The van der Waals surface area contributed by atoms with E-state index in [-0.39, 0.29) is 17.3 Å². The minimum absolute atomic E-state index is 0.00749. The molecule has 5 nitrogen and oxygen atoms in total. The zero-order valence-corrected chi connectivity index (χ0v) is 23.3. The van der Waals surface area contributed by atoms with E-state index in [4.69, 9.17) is 9.47 Å². The van der Waals surface area contributed by atoms with Crippen LogP contribution in [0.5, 0.6) is 23.0 Å². The number of rotatable bonds is 14. The van der Waals surface area contributed by atoms with Gasteiger partial charge in [0, 0.05) is 23.3 Å². The maximum atomic E-state index is 14.7. The zero-order chi connectivity index (χ0) is 28.3. The van der Waals surface area contributed by atoms with Gasteiger partial charge < -0.3 is 19.7 Å². The first-order valence-electron chi connectivity index (χ1n) is 14.1. The highest BCUT2D eigenvalue weighted by atomic mass is 16.5. The van der Waals surface area contributed by atoms with Crippen LogP contribution < -0.4 is 9.47 Å². The molecule has 0 saturated carbocycles. The zero-order valence-electron chi connectivity index (χ0n) is 23.3. The Morgan fingerprint density at radius 2 is 1.02 bits per heavy atom. The van der Waals surface area contributed by atoms with Gasteiger partial charge in [-0.1, -0.05) is 99.5 Å². The molecule has 0 aliphatic carbocycles. The minimum Gasteiger partial charge on any atom is -0.507 e. The van der Waals surface area contributed by atoms with Crippen molar-refractivity contribution >= 4 is 5.78 Å². The molecule has 4 rings (SSSR count). The van der Waals surface area contributed by atoms with Crippen LogP contribution in [0.2, 0.25) is 0 Å². The van der Waals surface area contributed by atoms with Crippen molar-refractivity contribution in [2.75, 3.05) is 13.2 Å². The number of benzene rings is 4. The summed E-state index contributed by atoms with van der Waals surface area (Å²) in [6, 6.07) is 29.1. The molecular weight excluding hydrogens is 500 g/mol. The maximum Gasteiger partial charge on any atom is 0.156 e. The van der Waals surface area contributed by atoms with Gasteiger partial charge in [-0.15, -0.1) is 0 Å². The summed E-state index contributed by atoms with van der Waals surface area (Å²) in [7, 11) is 0. The van der Waals surface area contributed by atoms with E-state index in [1.807, 2.05) is 60.7 Å². The molecule has 0 spiro atoms. The smallest absolute Gasteiger partial charge is 0.156 e. The molecule has 2 unspecified atom stereocenters. The third kappa shape index (κ3) is 7.03. The number of ether oxygens (including phenoxy) is 2. The van der Waals surface area contributed by atoms with Crippen molar-refractivity contribution < 1.29 is 24.5 Å². The summed E-state index contributed by atoms with van der Waals surface area (Å²) in [5, 5.41) is 22.3. The van der Waals surface area contributed by atoms with Gasteiger partial charge in [-0.05, 0) is 36.1 Å². The number of carbonyl (C=O) groups is 1. The van der Waals surface area contributed by atoms with Crippen molar-refractivity contribution in [3.63, 3.8) is 0 Å². The van der Waals surface area contributed by atoms with Gasteiger partial charge in [0.05, 0.1) is 25.0 Å². The summed E-state index contributed by atoms with van der Waals surface area (Å²) in [5.74, 6) is -0.622. The van der Waals surface area contributed by atoms with E-state index in [2.05, 4.69) is 13.8 Å². The van der Waals surface area contributed by atoms with Crippen molar-refractivity contribution in [3.05, 3.63) is 119 Å². The third-order valence-corrected chi connectivity index (χ3v) is 6.99. The number of phenolic OH excluding ortho intramolecular Hbond substituents is 2. The molecule has 0 amide bonds. The normalized spacial score (nSPS) is 12.4. The number of hydrogen-bond acceptors (Lipinski definition) is 5. The van der Waals surface area contributed by atoms with E-state index < -0.39 is 11.8 Å². The fourth-order valence-corrected chi connectivity index (χ4v) is 4.84. The second-order valence-electron chi connectivity index (χ2n) is 9.94. The lowest BCUT2D eigenvalue weighted by atomic mass is 9.76. The fourth-order valence-electron chi connectivity index (χ4n) is 4.84. The van der Waals surface area contributed by atoms with Crippen molar-refractivity contribution in [1.82, 2.24) is 0 Å². The van der Waals surface area contributed by atoms with Crippen LogP contribution in [-0.4, -0.2) is 29.2 Å². The first-order chi connectivity index (χ1) is 19.5. The molecule has 5 heteroatoms. The standard InChI is InChI=1S/C35H38O5/c1-3-5-21-39-27-17-19-29(31(36)23-27)33(25-13-9-7-10-14-25)35(38)34(26-15-11-8-12-16-26)30-20-18-28(24-32(30)37)40-22-6-4-2/h7-20,23-24,33-34,36-37H,3-6,21-22H2,1-2H3. The lowest BCUT2D eigenvalue weighted by Gasteiger charge is -2.26. The Balaban J connectivity index is 1.78. The van der Waals surface area contributed by atoms with Crippen LogP contribution in [0.15, 0.2) is 97.1 Å². The SMILES string of the molecule is CCCCOc1ccc(C(C(=O)C(c2ccccc2)c2ccc(OCCCC)cc2O)c2ccccc2)c(O)c1. The van der Waals surface area contributed by atoms with E-state index >= 15 is 0 Å². The van der Waals surface area contributed by atoms with Gasteiger partial charge in [0.15, 0.2) is 5.78 Å². The van der Waals surface area contributed by atoms with Gasteiger partial charge >= 0.3 is 0 Å². The monoisotopic (exact) mass is 538 g/mol. The van der Waals surface area contributed by atoms with E-state index in [1.165, 1.54) is 0 Å². The molecule has 208 valence electrons. The Kier molecular flexibility index (Phi) is 10.2. The number of ketones is 1. The average molecular weight is 539 g/mol. The number of carbonyl (C=O) groups excluding carboxylic acids is 1. The first-order valence-corrected chi connectivity index (χ1v) is 14.1. The van der Waals surface area contributed by atoms with Gasteiger partial charge in [-0.25, -0.2) is 0 Å². The molecule has 4 aromatic carbocycles. The Bertz CT molecular complexity index is 1260. The minimum atomic E-state index is -0.782. The molecule has 0 saturated heterocycles. The Hall–Kier alpha value is -4.25. The highest BCUT2D eigenvalue weighted by Gasteiger charge is 2.34. The van der Waals surface area contributed by atoms with Crippen LogP contribution >= 0.6 is 0 Å². The summed E-state index contributed by atoms with van der Waals surface area (Å²) in [6.07, 6.45) is 3.85. The molecule has 0 fully saturated rings. The Labute approximate surface area is 237 Å². The second-order valence-corrected chi connectivity index (χ2v) is 9.94. The highest BCUT2D eigenvalue weighted by Crippen LogP contribution is 2.42. The van der Waals surface area contributed by atoms with E-state index in [9.17, 15) is 15.0 Å². The molecule has 0 radical (unpaired) electrons. The summed E-state index contributed by atoms with van der Waals surface area (Å²) in [6.45, 7) is 5.30. The van der Waals surface area contributed by atoms with Crippen LogP contribution in [-0.2, 0) is 4.79 Å². The van der Waals surface area contributed by atoms with Crippen molar-refractivity contribution in [1.29, 1.82) is 0 Å². The number of Topliss-reactive ketones (excluding diaryl/α,β-unsaturated/α-hetero) is 1. The van der Waals surface area contributed by atoms with Gasteiger partial charge in [0.25, 0.3) is 0 Å². The third-order valence-electron chi connectivity index (χ3n) is 6.99. The van der Waals surface area contributed by atoms with Crippen molar-refractivity contribution in [2.45, 2.75) is 51.4 Å². The molecule has 0 aromatic heterocycles. The molecule has 2 N–H and O–H groups in total. The van der Waals surface area contributed by atoms with Crippen LogP contribution in [0.25, 0.3) is 0 Å². The second kappa shape index (κ2) is 14.2. The summed E-state index contributed by atoms with van der Waals surface area (Å²) in [5.41, 5.74) is 2.47. The first kappa shape index (κ1) is 28.8. The van der Waals surface area contributed by atoms with Crippen LogP contribution in [0.4, 0.5) is 0 Å². The topological polar surface area (TPSA) is 76.0 Å². The van der Waals surface area contributed by atoms with Crippen LogP contribution in [0.1, 0.15) is 73.6 Å². The van der Waals surface area contributed by atoms with E-state index in [0.717, 1.165) is 36.8 Å². The number of hydrogen-bond donors (Lipinski definition) is 2. The molecule has 40 heavy (non-hydrogen) atoms. The molecule has 4 aromatic rings. The van der Waals surface area contributed by atoms with Gasteiger partial charge in [0.1, 0.15) is 23.0 Å². The predicted molar refractivity (Wildman–Crippen MR) is 159 cm³/mol. The number of unbranched alkanes of at least 4 members (excludes halogenated alkanes) is 2. The fraction of sp³-hybridized carbons (Fsp3) is 0.286. The lowest BCUT2D eigenvalue weighted by Crippen LogP contribution is -2.23. The molecule has 2 atom stereocenters. The van der Waals surface area contributed by atoms with Crippen LogP contribution in [0, 0.1) is 0 Å². The lowest BCUT2D eigenvalue weighted by molar-refractivity contribution is -0.120. The van der Waals surface area contributed by atoms with Crippen LogP contribution in [0.3, 0.4) is 0 Å². The largest absolute Gasteiger partial charge is 0.507 e. The molecule has 0 heterocycles. The summed E-state index contributed by atoms with van der Waals surface area (Å²) >= 11 is 0. The van der Waals surface area contributed by atoms with Crippen molar-refractivity contribution in [3.8, 4) is 23.0 Å². The average Bonchev–Trinajstić information content (AvgIpc) is 2.97. The Morgan fingerprint density at radius 3 is 1.38 bits per heavy atom. The van der Waals surface area contributed by atoms with E-state index in [1.54, 1.807) is 36.4 Å². The summed E-state index contributed by atoms with van der Waals surface area (Å²) in [4.78, 5) is 14.7. The van der Waals surface area contributed by atoms with Gasteiger partial charge in [-0.2, -0.15) is 0 Å². The molecular formula is C35H38O5. The molecule has 0 aliphatic rings. The predicted octanol–water partition coefficient (Wildman–Crippen LogP) is 7.99. The van der Waals surface area contributed by atoms with E-state index in [0.29, 0.717) is 35.8 Å². The highest BCUT2D eigenvalue weighted by molar-refractivity contribution is 5.98. The quantitative estimate of drug-likeness (QED) is 0.159. The van der Waals surface area contributed by atoms with Gasteiger partial charge in [0.2, 0.25) is 0 Å². The van der Waals surface area contributed by atoms with Gasteiger partial charge in [-0.3, -0.25) is 4.79 Å². The Morgan fingerprint density at radius 1 is 0.625 bits per heavy atom. The maximum absolute atomic E-state index is 14.7. The molecule has 0 aliphatic heterocycles. The number of phenols is 2. The summed E-state index contributed by atoms with van der Waals surface area (Å²) < 4.78 is 11.6. The molecule has 0 bridgehead atoms.